The van der Waals surface area contributed by atoms with E-state index in [1.54, 1.807) is 11.0 Å². The van der Waals surface area contributed by atoms with Crippen molar-refractivity contribution in [1.29, 1.82) is 0 Å². The van der Waals surface area contributed by atoms with Gasteiger partial charge in [0.15, 0.2) is 0 Å². The Bertz CT molecular complexity index is 767. The molecule has 1 aromatic heterocycles. The fraction of sp³-hybridized carbons (Fsp3) is 0.444. The summed E-state index contributed by atoms with van der Waals surface area (Å²) in [6.07, 6.45) is 0. The first-order chi connectivity index (χ1) is 11.4. The van der Waals surface area contributed by atoms with Crippen molar-refractivity contribution in [3.63, 3.8) is 0 Å². The van der Waals surface area contributed by atoms with Gasteiger partial charge < -0.3 is 19.4 Å². The number of amides is 2. The molecule has 1 aliphatic rings. The minimum absolute atomic E-state index is 0.162. The number of nitrogens with zero attached hydrogens (tertiary/aromatic N) is 1. The number of hydrogen-bond acceptors (Lipinski definition) is 4. The standard InChI is InChI=1S/C18H22N2O4/c1-18(2,3)17(22)19-14-12-6-4-5-7-13(12)24-15(14)16(21)20-8-10-23-11-9-20/h4-7H,8-11H2,1-3H3,(H,19,22). The summed E-state index contributed by atoms with van der Waals surface area (Å²) in [7, 11) is 0. The molecule has 0 saturated carbocycles. The highest BCUT2D eigenvalue weighted by Crippen LogP contribution is 2.33. The number of fused-ring (bicyclic) bond motifs is 1. The molecule has 3 rings (SSSR count). The van der Waals surface area contributed by atoms with Crippen molar-refractivity contribution < 1.29 is 18.7 Å². The summed E-state index contributed by atoms with van der Waals surface area (Å²) in [6.45, 7) is 7.53. The number of nitrogens with one attached hydrogen (secondary N) is 1. The SMILES string of the molecule is CC(C)(C)C(=O)Nc1c(C(=O)N2CCOCC2)oc2ccccc12. The Kier molecular flexibility index (Phi) is 4.32. The lowest BCUT2D eigenvalue weighted by Crippen LogP contribution is -2.41. The molecule has 0 atom stereocenters. The third-order valence-corrected chi connectivity index (χ3v) is 4.01. The van der Waals surface area contributed by atoms with Gasteiger partial charge in [-0.1, -0.05) is 32.9 Å². The average Bonchev–Trinajstić information content (AvgIpc) is 2.93. The Hall–Kier alpha value is -2.34. The fourth-order valence-electron chi connectivity index (χ4n) is 2.53. The van der Waals surface area contributed by atoms with E-state index in [1.165, 1.54) is 0 Å². The van der Waals surface area contributed by atoms with Crippen LogP contribution < -0.4 is 5.32 Å². The van der Waals surface area contributed by atoms with Gasteiger partial charge in [0, 0.05) is 23.9 Å². The smallest absolute Gasteiger partial charge is 0.291 e. The van der Waals surface area contributed by atoms with Crippen LogP contribution >= 0.6 is 0 Å². The first-order valence-electron chi connectivity index (χ1n) is 8.08. The van der Waals surface area contributed by atoms with Crippen molar-refractivity contribution in [3.8, 4) is 0 Å². The van der Waals surface area contributed by atoms with Gasteiger partial charge in [-0.25, -0.2) is 0 Å². The molecule has 6 heteroatoms. The number of hydrogen-bond donors (Lipinski definition) is 1. The molecule has 1 fully saturated rings. The van der Waals surface area contributed by atoms with Crippen LogP contribution in [0.1, 0.15) is 31.3 Å². The van der Waals surface area contributed by atoms with E-state index in [1.807, 2.05) is 39.0 Å². The maximum absolute atomic E-state index is 12.8. The molecule has 0 unspecified atom stereocenters. The lowest BCUT2D eigenvalue weighted by Gasteiger charge is -2.26. The Labute approximate surface area is 140 Å². The van der Waals surface area contributed by atoms with Crippen LogP contribution in [0.4, 0.5) is 5.69 Å². The second-order valence-electron chi connectivity index (χ2n) is 6.91. The number of carbonyl (C=O) groups excluding carboxylic acids is 2. The predicted octanol–water partition coefficient (Wildman–Crippen LogP) is 2.89. The molecule has 128 valence electrons. The highest BCUT2D eigenvalue weighted by molar-refractivity contribution is 6.11. The van der Waals surface area contributed by atoms with E-state index in [0.29, 0.717) is 37.6 Å². The number of morpholine rings is 1. The highest BCUT2D eigenvalue weighted by atomic mass is 16.5. The molecule has 1 aromatic carbocycles. The summed E-state index contributed by atoms with van der Waals surface area (Å²) in [5.74, 6) is -0.209. The van der Waals surface area contributed by atoms with Gasteiger partial charge >= 0.3 is 0 Å². The molecule has 0 bridgehead atoms. The second-order valence-corrected chi connectivity index (χ2v) is 6.91. The van der Waals surface area contributed by atoms with Gasteiger partial charge in [0.25, 0.3) is 5.91 Å². The Morgan fingerprint density at radius 1 is 1.12 bits per heavy atom. The molecule has 1 saturated heterocycles. The van der Waals surface area contributed by atoms with Crippen LogP contribution in [-0.2, 0) is 9.53 Å². The number of benzene rings is 1. The lowest BCUT2D eigenvalue weighted by atomic mass is 9.95. The molecule has 0 aliphatic carbocycles. The third-order valence-electron chi connectivity index (χ3n) is 4.01. The van der Waals surface area contributed by atoms with Gasteiger partial charge in [-0.05, 0) is 12.1 Å². The molecule has 2 amide bonds. The molecule has 6 nitrogen and oxygen atoms in total. The van der Waals surface area contributed by atoms with Crippen LogP contribution in [0.5, 0.6) is 0 Å². The van der Waals surface area contributed by atoms with Crippen molar-refractivity contribution in [3.05, 3.63) is 30.0 Å². The maximum Gasteiger partial charge on any atom is 0.291 e. The van der Waals surface area contributed by atoms with E-state index in [9.17, 15) is 9.59 Å². The van der Waals surface area contributed by atoms with Gasteiger partial charge in [-0.3, -0.25) is 9.59 Å². The van der Waals surface area contributed by atoms with E-state index in [2.05, 4.69) is 5.32 Å². The van der Waals surface area contributed by atoms with Crippen molar-refractivity contribution in [1.82, 2.24) is 4.90 Å². The number of ether oxygens (including phenoxy) is 1. The minimum Gasteiger partial charge on any atom is -0.449 e. The van der Waals surface area contributed by atoms with E-state index < -0.39 is 5.41 Å². The normalized spacial score (nSPS) is 15.5. The van der Waals surface area contributed by atoms with Gasteiger partial charge in [0.05, 0.1) is 13.2 Å². The van der Waals surface area contributed by atoms with Gasteiger partial charge in [-0.2, -0.15) is 0 Å². The van der Waals surface area contributed by atoms with Crippen molar-refractivity contribution in [2.24, 2.45) is 5.41 Å². The summed E-state index contributed by atoms with van der Waals surface area (Å²) in [5.41, 5.74) is 0.456. The maximum atomic E-state index is 12.8. The Morgan fingerprint density at radius 3 is 2.46 bits per heavy atom. The lowest BCUT2D eigenvalue weighted by molar-refractivity contribution is -0.123. The van der Waals surface area contributed by atoms with Gasteiger partial charge in [0.2, 0.25) is 11.7 Å². The first-order valence-corrected chi connectivity index (χ1v) is 8.08. The first kappa shape index (κ1) is 16.5. The van der Waals surface area contributed by atoms with Crippen LogP contribution in [-0.4, -0.2) is 43.0 Å². The molecular formula is C18H22N2O4. The van der Waals surface area contributed by atoms with Crippen LogP contribution in [0.25, 0.3) is 11.0 Å². The molecule has 24 heavy (non-hydrogen) atoms. The predicted molar refractivity (Wildman–Crippen MR) is 91.0 cm³/mol. The van der Waals surface area contributed by atoms with Crippen LogP contribution in [0.15, 0.2) is 28.7 Å². The zero-order chi connectivity index (χ0) is 17.3. The highest BCUT2D eigenvalue weighted by Gasteiger charge is 2.30. The zero-order valence-electron chi connectivity index (χ0n) is 14.2. The van der Waals surface area contributed by atoms with Crippen molar-refractivity contribution >= 4 is 28.5 Å². The third kappa shape index (κ3) is 3.14. The summed E-state index contributed by atoms with van der Waals surface area (Å²) >= 11 is 0. The number of para-hydroxylation sites is 1. The van der Waals surface area contributed by atoms with Crippen LogP contribution in [0, 0.1) is 5.41 Å². The monoisotopic (exact) mass is 330 g/mol. The zero-order valence-corrected chi connectivity index (χ0v) is 14.2. The molecule has 0 spiro atoms. The van der Waals surface area contributed by atoms with E-state index >= 15 is 0 Å². The van der Waals surface area contributed by atoms with E-state index in [-0.39, 0.29) is 17.6 Å². The Balaban J connectivity index is 2.01. The molecule has 0 radical (unpaired) electrons. The Morgan fingerprint density at radius 2 is 1.79 bits per heavy atom. The summed E-state index contributed by atoms with van der Waals surface area (Å²) in [6, 6.07) is 7.32. The van der Waals surface area contributed by atoms with Crippen LogP contribution in [0.2, 0.25) is 0 Å². The number of furan rings is 1. The fourth-order valence-corrected chi connectivity index (χ4v) is 2.53. The summed E-state index contributed by atoms with van der Waals surface area (Å²) in [5, 5.41) is 3.61. The number of rotatable bonds is 2. The van der Waals surface area contributed by atoms with Crippen LogP contribution in [0.3, 0.4) is 0 Å². The van der Waals surface area contributed by atoms with Crippen molar-refractivity contribution in [2.45, 2.75) is 20.8 Å². The van der Waals surface area contributed by atoms with Gasteiger partial charge in [-0.15, -0.1) is 0 Å². The summed E-state index contributed by atoms with van der Waals surface area (Å²) < 4.78 is 11.1. The van der Waals surface area contributed by atoms with E-state index in [0.717, 1.165) is 5.39 Å². The van der Waals surface area contributed by atoms with Gasteiger partial charge in [0.1, 0.15) is 11.3 Å². The van der Waals surface area contributed by atoms with E-state index in [4.69, 9.17) is 9.15 Å². The largest absolute Gasteiger partial charge is 0.449 e. The average molecular weight is 330 g/mol. The number of carbonyl (C=O) groups is 2. The number of anilines is 1. The molecule has 1 aliphatic heterocycles. The second kappa shape index (κ2) is 6.28. The van der Waals surface area contributed by atoms with Crippen molar-refractivity contribution in [2.75, 3.05) is 31.6 Å². The summed E-state index contributed by atoms with van der Waals surface area (Å²) in [4.78, 5) is 27.0. The molecule has 1 N–H and O–H groups in total. The quantitative estimate of drug-likeness (QED) is 0.919. The molecule has 2 aromatic rings. The minimum atomic E-state index is -0.572. The topological polar surface area (TPSA) is 71.8 Å². The molecule has 2 heterocycles. The molecular weight excluding hydrogens is 308 g/mol.